The van der Waals surface area contributed by atoms with E-state index in [0.717, 1.165) is 23.8 Å². The Morgan fingerprint density at radius 2 is 2.33 bits per heavy atom. The Morgan fingerprint density at radius 3 is 2.89 bits per heavy atom. The van der Waals surface area contributed by atoms with E-state index in [0.29, 0.717) is 6.42 Å². The number of nitrogens with two attached hydrogens (primary N) is 1. The Morgan fingerprint density at radius 1 is 1.61 bits per heavy atom. The van der Waals surface area contributed by atoms with Gasteiger partial charge in [0, 0.05) is 25.2 Å². The summed E-state index contributed by atoms with van der Waals surface area (Å²) in [7, 11) is 3.34. The molecule has 0 fully saturated rings. The van der Waals surface area contributed by atoms with Gasteiger partial charge in [-0.2, -0.15) is 0 Å². The summed E-state index contributed by atoms with van der Waals surface area (Å²) in [6, 6.07) is 0. The molecule has 1 aromatic rings. The number of imidazole rings is 1. The lowest BCUT2D eigenvalue weighted by atomic mass is 9.97. The number of unbranched alkanes of at least 4 members (excludes halogenated alkanes) is 1. The number of thioether (sulfide) groups is 1. The van der Waals surface area contributed by atoms with Crippen molar-refractivity contribution >= 4 is 17.7 Å². The van der Waals surface area contributed by atoms with Crippen LogP contribution in [0.5, 0.6) is 0 Å². The first-order valence-electron chi connectivity index (χ1n) is 5.95. The SMILES string of the molecule is COC(=O)C(C)(N)CCCCSc1nccn1C. The Kier molecular flexibility index (Phi) is 5.68. The lowest BCUT2D eigenvalue weighted by Gasteiger charge is -2.20. The normalized spacial score (nSPS) is 14.2. The number of rotatable bonds is 7. The first-order chi connectivity index (χ1) is 8.47. The Balaban J connectivity index is 2.19. The second-order valence-corrected chi connectivity index (χ2v) is 5.60. The summed E-state index contributed by atoms with van der Waals surface area (Å²) in [6.07, 6.45) is 6.26. The minimum atomic E-state index is -0.872. The van der Waals surface area contributed by atoms with E-state index in [2.05, 4.69) is 9.72 Å². The fourth-order valence-electron chi connectivity index (χ4n) is 1.58. The Hall–Kier alpha value is -1.01. The van der Waals surface area contributed by atoms with Gasteiger partial charge in [0.1, 0.15) is 5.54 Å². The highest BCUT2D eigenvalue weighted by atomic mass is 32.2. The van der Waals surface area contributed by atoms with E-state index in [9.17, 15) is 4.79 Å². The largest absolute Gasteiger partial charge is 0.468 e. The molecule has 0 radical (unpaired) electrons. The van der Waals surface area contributed by atoms with Crippen LogP contribution >= 0.6 is 11.8 Å². The molecule has 0 spiro atoms. The summed E-state index contributed by atoms with van der Waals surface area (Å²) in [6.45, 7) is 1.71. The van der Waals surface area contributed by atoms with Gasteiger partial charge in [0.2, 0.25) is 0 Å². The minimum Gasteiger partial charge on any atom is -0.468 e. The van der Waals surface area contributed by atoms with Crippen LogP contribution in [0.1, 0.15) is 26.2 Å². The molecule has 1 heterocycles. The molecule has 18 heavy (non-hydrogen) atoms. The molecule has 0 saturated carbocycles. The van der Waals surface area contributed by atoms with Crippen molar-refractivity contribution in [2.45, 2.75) is 36.9 Å². The second-order valence-electron chi connectivity index (χ2n) is 4.54. The number of hydrogen-bond donors (Lipinski definition) is 1. The molecule has 5 nitrogen and oxygen atoms in total. The van der Waals surface area contributed by atoms with E-state index in [1.165, 1.54) is 7.11 Å². The summed E-state index contributed by atoms with van der Waals surface area (Å²) in [5.41, 5.74) is 5.00. The summed E-state index contributed by atoms with van der Waals surface area (Å²) in [5.74, 6) is 0.626. The third-order valence-electron chi connectivity index (χ3n) is 2.75. The fourth-order valence-corrected chi connectivity index (χ4v) is 2.51. The van der Waals surface area contributed by atoms with Gasteiger partial charge < -0.3 is 15.0 Å². The molecule has 0 bridgehead atoms. The molecule has 0 amide bonds. The molecule has 2 N–H and O–H groups in total. The first kappa shape index (κ1) is 15.0. The van der Waals surface area contributed by atoms with Gasteiger partial charge in [-0.25, -0.2) is 4.98 Å². The van der Waals surface area contributed by atoms with E-state index < -0.39 is 5.54 Å². The zero-order chi connectivity index (χ0) is 13.6. The van der Waals surface area contributed by atoms with Crippen molar-refractivity contribution in [3.8, 4) is 0 Å². The molecule has 1 rings (SSSR count). The van der Waals surface area contributed by atoms with Crippen molar-refractivity contribution in [2.75, 3.05) is 12.9 Å². The summed E-state index contributed by atoms with van der Waals surface area (Å²) >= 11 is 1.71. The lowest BCUT2D eigenvalue weighted by molar-refractivity contribution is -0.146. The number of carbonyl (C=O) groups excluding carboxylic acids is 1. The zero-order valence-corrected chi connectivity index (χ0v) is 12.0. The maximum absolute atomic E-state index is 11.4. The highest BCUT2D eigenvalue weighted by Gasteiger charge is 2.28. The van der Waals surface area contributed by atoms with Crippen LogP contribution in [0, 0.1) is 0 Å². The maximum atomic E-state index is 11.4. The standard InChI is InChI=1S/C12H21N3O2S/c1-12(13,10(16)17-3)6-4-5-9-18-11-14-7-8-15(11)2/h7-8H,4-6,9,13H2,1-3H3. The van der Waals surface area contributed by atoms with Crippen molar-refractivity contribution in [3.63, 3.8) is 0 Å². The average Bonchev–Trinajstić information content (AvgIpc) is 2.73. The molecule has 1 aromatic heterocycles. The summed E-state index contributed by atoms with van der Waals surface area (Å²) in [5, 5.41) is 1.01. The number of aromatic nitrogens is 2. The van der Waals surface area contributed by atoms with Crippen molar-refractivity contribution in [1.82, 2.24) is 9.55 Å². The van der Waals surface area contributed by atoms with Crippen LogP contribution in [-0.4, -0.2) is 33.9 Å². The van der Waals surface area contributed by atoms with Gasteiger partial charge in [-0.05, 0) is 19.8 Å². The van der Waals surface area contributed by atoms with Crippen LogP contribution < -0.4 is 5.73 Å². The van der Waals surface area contributed by atoms with Gasteiger partial charge in [-0.1, -0.05) is 18.2 Å². The number of nitrogens with zero attached hydrogens (tertiary/aromatic N) is 2. The molecule has 1 unspecified atom stereocenters. The highest BCUT2D eigenvalue weighted by molar-refractivity contribution is 7.99. The van der Waals surface area contributed by atoms with E-state index in [1.807, 2.05) is 17.8 Å². The Labute approximate surface area is 112 Å². The number of esters is 1. The van der Waals surface area contributed by atoms with Gasteiger partial charge in [-0.3, -0.25) is 4.79 Å². The van der Waals surface area contributed by atoms with Gasteiger partial charge in [0.25, 0.3) is 0 Å². The molecule has 1 atom stereocenters. The number of hydrogen-bond acceptors (Lipinski definition) is 5. The monoisotopic (exact) mass is 271 g/mol. The van der Waals surface area contributed by atoms with Gasteiger partial charge in [0.05, 0.1) is 7.11 Å². The van der Waals surface area contributed by atoms with Crippen molar-refractivity contribution in [3.05, 3.63) is 12.4 Å². The number of carbonyl (C=O) groups is 1. The predicted molar refractivity (Wildman–Crippen MR) is 72.4 cm³/mol. The lowest BCUT2D eigenvalue weighted by Crippen LogP contribution is -2.45. The number of aryl methyl sites for hydroxylation is 1. The smallest absolute Gasteiger partial charge is 0.325 e. The zero-order valence-electron chi connectivity index (χ0n) is 11.2. The molecule has 0 aliphatic carbocycles. The summed E-state index contributed by atoms with van der Waals surface area (Å²) in [4.78, 5) is 15.6. The molecule has 0 aliphatic heterocycles. The summed E-state index contributed by atoms with van der Waals surface area (Å²) < 4.78 is 6.66. The third kappa shape index (κ3) is 4.34. The van der Waals surface area contributed by atoms with Crippen LogP contribution in [0.2, 0.25) is 0 Å². The van der Waals surface area contributed by atoms with E-state index in [1.54, 1.807) is 24.9 Å². The topological polar surface area (TPSA) is 70.1 Å². The van der Waals surface area contributed by atoms with Gasteiger partial charge in [-0.15, -0.1) is 0 Å². The molecule has 0 aromatic carbocycles. The molecular weight excluding hydrogens is 250 g/mol. The number of ether oxygens (including phenoxy) is 1. The molecule has 0 aliphatic rings. The number of methoxy groups -OCH3 is 1. The van der Waals surface area contributed by atoms with Crippen LogP contribution in [0.4, 0.5) is 0 Å². The third-order valence-corrected chi connectivity index (χ3v) is 3.89. The van der Waals surface area contributed by atoms with Crippen LogP contribution in [0.3, 0.4) is 0 Å². The second kappa shape index (κ2) is 6.80. The van der Waals surface area contributed by atoms with Crippen molar-refractivity contribution in [2.24, 2.45) is 12.8 Å². The Bertz CT molecular complexity index is 390. The first-order valence-corrected chi connectivity index (χ1v) is 6.93. The van der Waals surface area contributed by atoms with E-state index >= 15 is 0 Å². The van der Waals surface area contributed by atoms with E-state index in [-0.39, 0.29) is 5.97 Å². The van der Waals surface area contributed by atoms with Crippen molar-refractivity contribution < 1.29 is 9.53 Å². The fraction of sp³-hybridized carbons (Fsp3) is 0.667. The van der Waals surface area contributed by atoms with E-state index in [4.69, 9.17) is 5.73 Å². The van der Waals surface area contributed by atoms with Gasteiger partial charge in [0.15, 0.2) is 5.16 Å². The van der Waals surface area contributed by atoms with Gasteiger partial charge >= 0.3 is 5.97 Å². The van der Waals surface area contributed by atoms with Crippen LogP contribution in [0.25, 0.3) is 0 Å². The molecule has 102 valence electrons. The van der Waals surface area contributed by atoms with Crippen LogP contribution in [-0.2, 0) is 16.6 Å². The maximum Gasteiger partial charge on any atom is 0.325 e. The highest BCUT2D eigenvalue weighted by Crippen LogP contribution is 2.18. The average molecular weight is 271 g/mol. The minimum absolute atomic E-state index is 0.348. The van der Waals surface area contributed by atoms with Crippen molar-refractivity contribution in [1.29, 1.82) is 0 Å². The molecule has 0 saturated heterocycles. The predicted octanol–water partition coefficient (Wildman–Crippen LogP) is 1.57. The quantitative estimate of drug-likeness (QED) is 0.463. The molecule has 6 heteroatoms. The molecular formula is C12H21N3O2S. The van der Waals surface area contributed by atoms with Crippen LogP contribution in [0.15, 0.2) is 17.6 Å².